The van der Waals surface area contributed by atoms with Crippen molar-refractivity contribution in [1.82, 2.24) is 4.90 Å². The van der Waals surface area contributed by atoms with Gasteiger partial charge in [0.25, 0.3) is 5.91 Å². The lowest BCUT2D eigenvalue weighted by Crippen LogP contribution is -2.40. The minimum atomic E-state index is -0.472. The number of nitrogens with two attached hydrogens (primary N) is 1. The van der Waals surface area contributed by atoms with Gasteiger partial charge in [-0.05, 0) is 55.7 Å². The molecule has 1 saturated heterocycles. The molecule has 0 atom stereocenters. The summed E-state index contributed by atoms with van der Waals surface area (Å²) >= 11 is 1.49. The van der Waals surface area contributed by atoms with Crippen molar-refractivity contribution in [2.75, 3.05) is 18.4 Å². The highest BCUT2D eigenvalue weighted by molar-refractivity contribution is 7.17. The van der Waals surface area contributed by atoms with Crippen molar-refractivity contribution in [2.45, 2.75) is 38.5 Å². The van der Waals surface area contributed by atoms with Crippen molar-refractivity contribution in [1.29, 1.82) is 0 Å². The summed E-state index contributed by atoms with van der Waals surface area (Å²) in [6, 6.07) is 9.70. The number of piperidine rings is 1. The Kier molecular flexibility index (Phi) is 6.51. The second-order valence-electron chi connectivity index (χ2n) is 8.11. The maximum atomic E-state index is 12.9. The Bertz CT molecular complexity index is 1000. The molecule has 2 aromatic rings. The number of fused-ring (bicyclic) bond motifs is 1. The van der Waals surface area contributed by atoms with Gasteiger partial charge in [-0.25, -0.2) is 0 Å². The number of rotatable bonds is 5. The number of anilines is 1. The molecule has 3 N–H and O–H groups in total. The Hall–Kier alpha value is -2.93. The summed E-state index contributed by atoms with van der Waals surface area (Å²) in [7, 11) is 0. The highest BCUT2D eigenvalue weighted by atomic mass is 32.1. The number of nitrogens with zero attached hydrogens (tertiary/aromatic N) is 1. The number of likely N-dealkylation sites (tertiary alicyclic amines) is 1. The standard InChI is InChI=1S/C24H27N3O3S/c25-22(29)21-18-8-4-5-9-19(18)31-24(21)26-23(30)17-12-14-27(15-13-17)20(28)11-10-16-6-2-1-3-7-16/h1-3,6-7,10-11,17H,4-5,8-9,12-15H2,(H2,25,29)(H,26,30). The molecule has 7 heteroatoms. The largest absolute Gasteiger partial charge is 0.365 e. The smallest absolute Gasteiger partial charge is 0.251 e. The van der Waals surface area contributed by atoms with Crippen molar-refractivity contribution in [3.8, 4) is 0 Å². The summed E-state index contributed by atoms with van der Waals surface area (Å²) in [6.07, 6.45) is 8.54. The summed E-state index contributed by atoms with van der Waals surface area (Å²) in [5, 5.41) is 3.56. The van der Waals surface area contributed by atoms with Crippen LogP contribution < -0.4 is 11.1 Å². The lowest BCUT2D eigenvalue weighted by atomic mass is 9.94. The molecule has 3 amide bonds. The average molecular weight is 438 g/mol. The molecule has 0 spiro atoms. The molecule has 31 heavy (non-hydrogen) atoms. The van der Waals surface area contributed by atoms with Crippen molar-refractivity contribution in [2.24, 2.45) is 11.7 Å². The zero-order chi connectivity index (χ0) is 21.8. The number of primary amides is 1. The van der Waals surface area contributed by atoms with Gasteiger partial charge in [0.2, 0.25) is 11.8 Å². The summed E-state index contributed by atoms with van der Waals surface area (Å²) in [5.41, 5.74) is 8.12. The van der Waals surface area contributed by atoms with Gasteiger partial charge in [-0.2, -0.15) is 0 Å². The minimum Gasteiger partial charge on any atom is -0.365 e. The highest BCUT2D eigenvalue weighted by Gasteiger charge is 2.29. The fraction of sp³-hybridized carbons (Fsp3) is 0.375. The van der Waals surface area contributed by atoms with Gasteiger partial charge in [0, 0.05) is 30.0 Å². The van der Waals surface area contributed by atoms with Gasteiger partial charge in [-0.15, -0.1) is 11.3 Å². The van der Waals surface area contributed by atoms with Gasteiger partial charge >= 0.3 is 0 Å². The van der Waals surface area contributed by atoms with Crippen LogP contribution in [0.25, 0.3) is 6.08 Å². The first-order valence-electron chi connectivity index (χ1n) is 10.8. The number of carbonyl (C=O) groups excluding carboxylic acids is 3. The molecule has 1 fully saturated rings. The first-order valence-corrected chi connectivity index (χ1v) is 11.6. The molecule has 1 aliphatic carbocycles. The van der Waals surface area contributed by atoms with Crippen LogP contribution in [-0.4, -0.2) is 35.7 Å². The van der Waals surface area contributed by atoms with Gasteiger partial charge in [-0.1, -0.05) is 30.3 Å². The number of benzene rings is 1. The number of amides is 3. The number of hydrogen-bond acceptors (Lipinski definition) is 4. The first kappa shape index (κ1) is 21.3. The van der Waals surface area contributed by atoms with Crippen LogP contribution >= 0.6 is 11.3 Å². The molecule has 2 aliphatic rings. The normalized spacial score (nSPS) is 16.8. The molecular weight excluding hydrogens is 410 g/mol. The molecule has 2 heterocycles. The summed E-state index contributed by atoms with van der Waals surface area (Å²) < 4.78 is 0. The van der Waals surface area contributed by atoms with E-state index in [0.717, 1.165) is 36.8 Å². The van der Waals surface area contributed by atoms with Crippen LogP contribution in [0.4, 0.5) is 5.00 Å². The third-order valence-corrected chi connectivity index (χ3v) is 7.26. The number of aryl methyl sites for hydroxylation is 1. The molecule has 162 valence electrons. The van der Waals surface area contributed by atoms with Crippen LogP contribution in [0, 0.1) is 5.92 Å². The van der Waals surface area contributed by atoms with E-state index in [1.54, 1.807) is 11.0 Å². The third-order valence-electron chi connectivity index (χ3n) is 6.05. The van der Waals surface area contributed by atoms with E-state index in [0.29, 0.717) is 36.5 Å². The SMILES string of the molecule is NC(=O)c1c(NC(=O)C2CCN(C(=O)C=Cc3ccccc3)CC2)sc2c1CCCC2. The van der Waals surface area contributed by atoms with Crippen LogP contribution in [0.5, 0.6) is 0 Å². The average Bonchev–Trinajstić information content (AvgIpc) is 3.16. The molecule has 1 aliphatic heterocycles. The predicted octanol–water partition coefficient (Wildman–Crippen LogP) is 3.62. The van der Waals surface area contributed by atoms with E-state index in [9.17, 15) is 14.4 Å². The molecule has 0 bridgehead atoms. The molecule has 6 nitrogen and oxygen atoms in total. The molecule has 0 unspecified atom stereocenters. The Labute approximate surface area is 186 Å². The van der Waals surface area contributed by atoms with E-state index < -0.39 is 5.91 Å². The van der Waals surface area contributed by atoms with E-state index in [2.05, 4.69) is 5.32 Å². The van der Waals surface area contributed by atoms with Crippen molar-refractivity contribution >= 4 is 40.1 Å². The minimum absolute atomic E-state index is 0.0374. The van der Waals surface area contributed by atoms with Crippen LogP contribution in [0.3, 0.4) is 0 Å². The Morgan fingerprint density at radius 1 is 1.06 bits per heavy atom. The highest BCUT2D eigenvalue weighted by Crippen LogP contribution is 2.38. The van der Waals surface area contributed by atoms with Crippen molar-refractivity contribution in [3.63, 3.8) is 0 Å². The van der Waals surface area contributed by atoms with E-state index in [4.69, 9.17) is 5.73 Å². The van der Waals surface area contributed by atoms with E-state index in [1.165, 1.54) is 16.2 Å². The fourth-order valence-electron chi connectivity index (χ4n) is 4.33. The molecular formula is C24H27N3O3S. The van der Waals surface area contributed by atoms with Gasteiger partial charge < -0.3 is 16.0 Å². The maximum absolute atomic E-state index is 12.9. The van der Waals surface area contributed by atoms with Crippen LogP contribution in [-0.2, 0) is 22.4 Å². The molecule has 4 rings (SSSR count). The monoisotopic (exact) mass is 437 g/mol. The zero-order valence-corrected chi connectivity index (χ0v) is 18.2. The van der Waals surface area contributed by atoms with E-state index >= 15 is 0 Å². The Morgan fingerprint density at radius 3 is 2.48 bits per heavy atom. The quantitative estimate of drug-likeness (QED) is 0.700. The summed E-state index contributed by atoms with van der Waals surface area (Å²) in [5.74, 6) is -0.778. The number of hydrogen-bond donors (Lipinski definition) is 2. The van der Waals surface area contributed by atoms with Gasteiger partial charge in [0.1, 0.15) is 5.00 Å². The molecule has 0 saturated carbocycles. The Balaban J connectivity index is 1.35. The van der Waals surface area contributed by atoms with Crippen molar-refractivity contribution < 1.29 is 14.4 Å². The zero-order valence-electron chi connectivity index (χ0n) is 17.4. The number of nitrogens with one attached hydrogen (secondary N) is 1. The lowest BCUT2D eigenvalue weighted by molar-refractivity contribution is -0.130. The third kappa shape index (κ3) is 4.88. The maximum Gasteiger partial charge on any atom is 0.251 e. The fourth-order valence-corrected chi connectivity index (χ4v) is 5.63. The lowest BCUT2D eigenvalue weighted by Gasteiger charge is -2.30. The topological polar surface area (TPSA) is 92.5 Å². The first-order chi connectivity index (χ1) is 15.0. The van der Waals surface area contributed by atoms with Crippen LogP contribution in [0.15, 0.2) is 36.4 Å². The summed E-state index contributed by atoms with van der Waals surface area (Å²) in [4.78, 5) is 40.3. The molecule has 0 radical (unpaired) electrons. The second-order valence-corrected chi connectivity index (χ2v) is 9.22. The van der Waals surface area contributed by atoms with Gasteiger partial charge in [-0.3, -0.25) is 14.4 Å². The van der Waals surface area contributed by atoms with Crippen molar-refractivity contribution in [3.05, 3.63) is 58.0 Å². The number of carbonyl (C=O) groups is 3. The van der Waals surface area contributed by atoms with E-state index in [-0.39, 0.29) is 17.7 Å². The Morgan fingerprint density at radius 2 is 1.77 bits per heavy atom. The number of thiophene rings is 1. The van der Waals surface area contributed by atoms with Crippen LogP contribution in [0.2, 0.25) is 0 Å². The van der Waals surface area contributed by atoms with Crippen LogP contribution in [0.1, 0.15) is 52.0 Å². The molecule has 1 aromatic heterocycles. The van der Waals surface area contributed by atoms with E-state index in [1.807, 2.05) is 36.4 Å². The van der Waals surface area contributed by atoms with Gasteiger partial charge in [0.15, 0.2) is 0 Å². The summed E-state index contributed by atoms with van der Waals surface area (Å²) in [6.45, 7) is 1.08. The predicted molar refractivity (Wildman–Crippen MR) is 123 cm³/mol. The van der Waals surface area contributed by atoms with Gasteiger partial charge in [0.05, 0.1) is 5.56 Å². The second kappa shape index (κ2) is 9.47. The molecule has 1 aromatic carbocycles.